The predicted molar refractivity (Wildman–Crippen MR) is 53.1 cm³/mol. The van der Waals surface area contributed by atoms with Gasteiger partial charge >= 0.3 is 0 Å². The van der Waals surface area contributed by atoms with Gasteiger partial charge in [-0.2, -0.15) is 0 Å². The van der Waals surface area contributed by atoms with Gasteiger partial charge in [0.15, 0.2) is 0 Å². The largest absolute Gasteiger partial charge is 0.396 e. The van der Waals surface area contributed by atoms with E-state index in [2.05, 4.69) is 0 Å². The zero-order chi connectivity index (χ0) is 9.84. The number of halogens is 2. The third kappa shape index (κ3) is 3.16. The minimum Gasteiger partial charge on any atom is -0.396 e. The van der Waals surface area contributed by atoms with Gasteiger partial charge in [-0.1, -0.05) is 23.2 Å². The zero-order valence-electron chi connectivity index (χ0n) is 6.87. The molecule has 1 rings (SSSR count). The molecule has 0 saturated carbocycles. The Bertz CT molecular complexity index is 269. The monoisotopic (exact) mass is 220 g/mol. The molecule has 0 spiro atoms. The molecule has 0 aliphatic heterocycles. The van der Waals surface area contributed by atoms with E-state index < -0.39 is 6.10 Å². The molecule has 1 atom stereocenters. The van der Waals surface area contributed by atoms with Crippen molar-refractivity contribution in [3.8, 4) is 0 Å². The van der Waals surface area contributed by atoms with Crippen LogP contribution in [0.1, 0.15) is 18.1 Å². The number of hydrogen-bond donors (Lipinski definition) is 2. The summed E-state index contributed by atoms with van der Waals surface area (Å²) < 4.78 is 0. The van der Waals surface area contributed by atoms with E-state index in [4.69, 9.17) is 28.3 Å². The highest BCUT2D eigenvalue weighted by atomic mass is 35.5. The van der Waals surface area contributed by atoms with Crippen molar-refractivity contribution in [2.45, 2.75) is 12.5 Å². The van der Waals surface area contributed by atoms with Crippen molar-refractivity contribution in [2.75, 3.05) is 6.61 Å². The molecule has 0 bridgehead atoms. The molecule has 0 radical (unpaired) electrons. The van der Waals surface area contributed by atoms with Crippen LogP contribution in [0.2, 0.25) is 10.0 Å². The van der Waals surface area contributed by atoms with E-state index in [0.717, 1.165) is 0 Å². The first-order chi connectivity index (χ1) is 6.13. The number of benzene rings is 1. The van der Waals surface area contributed by atoms with Gasteiger partial charge in [0.1, 0.15) is 0 Å². The van der Waals surface area contributed by atoms with Crippen LogP contribution in [0.25, 0.3) is 0 Å². The van der Waals surface area contributed by atoms with E-state index in [1.165, 1.54) is 0 Å². The summed E-state index contributed by atoms with van der Waals surface area (Å²) in [6.07, 6.45) is -0.419. The molecule has 0 aliphatic carbocycles. The molecule has 2 nitrogen and oxygen atoms in total. The van der Waals surface area contributed by atoms with Crippen molar-refractivity contribution in [1.29, 1.82) is 0 Å². The standard InChI is InChI=1S/C9H10Cl2O2/c10-7-3-6(4-8(11)5-7)9(13)1-2-12/h3-5,9,12-13H,1-2H2/t9-/m0/s1. The second-order valence-electron chi connectivity index (χ2n) is 2.73. The summed E-state index contributed by atoms with van der Waals surface area (Å²) in [6, 6.07) is 4.86. The number of rotatable bonds is 3. The third-order valence-electron chi connectivity index (χ3n) is 1.67. The average Bonchev–Trinajstić information content (AvgIpc) is 2.03. The maximum atomic E-state index is 9.49. The Hall–Kier alpha value is -0.280. The van der Waals surface area contributed by atoms with Gasteiger partial charge in [0.2, 0.25) is 0 Å². The van der Waals surface area contributed by atoms with Crippen molar-refractivity contribution in [1.82, 2.24) is 0 Å². The second-order valence-corrected chi connectivity index (χ2v) is 3.60. The zero-order valence-corrected chi connectivity index (χ0v) is 8.39. The predicted octanol–water partition coefficient (Wildman–Crippen LogP) is 2.41. The van der Waals surface area contributed by atoms with Crippen LogP contribution in [-0.2, 0) is 0 Å². The lowest BCUT2D eigenvalue weighted by Crippen LogP contribution is -1.99. The van der Waals surface area contributed by atoms with E-state index in [1.54, 1.807) is 18.2 Å². The maximum absolute atomic E-state index is 9.49. The summed E-state index contributed by atoms with van der Waals surface area (Å²) in [7, 11) is 0. The molecule has 0 aliphatic rings. The van der Waals surface area contributed by atoms with Crippen LogP contribution in [0, 0.1) is 0 Å². The van der Waals surface area contributed by atoms with Gasteiger partial charge in [0.05, 0.1) is 6.10 Å². The first kappa shape index (κ1) is 10.8. The number of aliphatic hydroxyl groups is 2. The molecule has 0 fully saturated rings. The smallest absolute Gasteiger partial charge is 0.0812 e. The van der Waals surface area contributed by atoms with E-state index >= 15 is 0 Å². The first-order valence-electron chi connectivity index (χ1n) is 3.88. The fraction of sp³-hybridized carbons (Fsp3) is 0.333. The molecule has 1 aromatic rings. The van der Waals surface area contributed by atoms with Gasteiger partial charge in [-0.15, -0.1) is 0 Å². The van der Waals surface area contributed by atoms with Crippen molar-refractivity contribution < 1.29 is 10.2 Å². The van der Waals surface area contributed by atoms with Crippen LogP contribution in [0.4, 0.5) is 0 Å². The lowest BCUT2D eigenvalue weighted by atomic mass is 10.1. The van der Waals surface area contributed by atoms with Crippen LogP contribution in [0.3, 0.4) is 0 Å². The molecule has 0 saturated heterocycles. The SMILES string of the molecule is OCC[C@H](O)c1cc(Cl)cc(Cl)c1. The maximum Gasteiger partial charge on any atom is 0.0812 e. The Kier molecular flexibility index (Phi) is 4.00. The van der Waals surface area contributed by atoms with Crippen molar-refractivity contribution in [3.05, 3.63) is 33.8 Å². The molecular weight excluding hydrogens is 211 g/mol. The van der Waals surface area contributed by atoms with Crippen molar-refractivity contribution in [2.24, 2.45) is 0 Å². The minimum atomic E-state index is -0.707. The molecule has 13 heavy (non-hydrogen) atoms. The molecule has 0 unspecified atom stereocenters. The fourth-order valence-corrected chi connectivity index (χ4v) is 1.60. The molecule has 1 aromatic carbocycles. The molecule has 4 heteroatoms. The lowest BCUT2D eigenvalue weighted by molar-refractivity contribution is 0.134. The van der Waals surface area contributed by atoms with Crippen LogP contribution < -0.4 is 0 Å². The van der Waals surface area contributed by atoms with Gasteiger partial charge in [-0.3, -0.25) is 0 Å². The number of hydrogen-bond acceptors (Lipinski definition) is 2. The molecule has 2 N–H and O–H groups in total. The molecule has 0 aromatic heterocycles. The van der Waals surface area contributed by atoms with Gasteiger partial charge in [-0.05, 0) is 23.8 Å². The summed E-state index contributed by atoms with van der Waals surface area (Å²) in [5.41, 5.74) is 0.631. The Morgan fingerprint density at radius 3 is 2.15 bits per heavy atom. The quantitative estimate of drug-likeness (QED) is 0.822. The molecule has 0 amide bonds. The lowest BCUT2D eigenvalue weighted by Gasteiger charge is -2.09. The van der Waals surface area contributed by atoms with Gasteiger partial charge in [0.25, 0.3) is 0 Å². The van der Waals surface area contributed by atoms with E-state index in [0.29, 0.717) is 15.6 Å². The van der Waals surface area contributed by atoms with E-state index in [1.807, 2.05) is 0 Å². The van der Waals surface area contributed by atoms with Gasteiger partial charge in [0, 0.05) is 23.1 Å². The summed E-state index contributed by atoms with van der Waals surface area (Å²) >= 11 is 11.5. The summed E-state index contributed by atoms with van der Waals surface area (Å²) in [5.74, 6) is 0. The highest BCUT2D eigenvalue weighted by Crippen LogP contribution is 2.24. The molecule has 0 heterocycles. The average molecular weight is 221 g/mol. The van der Waals surface area contributed by atoms with Gasteiger partial charge < -0.3 is 10.2 Å². The van der Waals surface area contributed by atoms with Crippen LogP contribution in [-0.4, -0.2) is 16.8 Å². The van der Waals surface area contributed by atoms with E-state index in [-0.39, 0.29) is 13.0 Å². The highest BCUT2D eigenvalue weighted by molar-refractivity contribution is 6.34. The Morgan fingerprint density at radius 1 is 1.15 bits per heavy atom. The van der Waals surface area contributed by atoms with Gasteiger partial charge in [-0.25, -0.2) is 0 Å². The van der Waals surface area contributed by atoms with E-state index in [9.17, 15) is 5.11 Å². The summed E-state index contributed by atoms with van der Waals surface area (Å²) in [6.45, 7) is -0.0642. The summed E-state index contributed by atoms with van der Waals surface area (Å²) in [4.78, 5) is 0. The van der Waals surface area contributed by atoms with Crippen molar-refractivity contribution in [3.63, 3.8) is 0 Å². The van der Waals surface area contributed by atoms with Crippen molar-refractivity contribution >= 4 is 23.2 Å². The normalized spacial score (nSPS) is 12.9. The van der Waals surface area contributed by atoms with Crippen LogP contribution >= 0.6 is 23.2 Å². The number of aliphatic hydroxyl groups excluding tert-OH is 2. The third-order valence-corrected chi connectivity index (χ3v) is 2.11. The van der Waals surface area contributed by atoms with Crippen LogP contribution in [0.5, 0.6) is 0 Å². The molecule has 72 valence electrons. The first-order valence-corrected chi connectivity index (χ1v) is 4.64. The summed E-state index contributed by atoms with van der Waals surface area (Å²) in [5, 5.41) is 19.1. The second kappa shape index (κ2) is 4.82. The Labute approximate surface area is 86.7 Å². The minimum absolute atomic E-state index is 0.0642. The fourth-order valence-electron chi connectivity index (χ4n) is 1.06. The Morgan fingerprint density at radius 2 is 1.69 bits per heavy atom. The van der Waals surface area contributed by atoms with Crippen LogP contribution in [0.15, 0.2) is 18.2 Å². The topological polar surface area (TPSA) is 40.5 Å². The highest BCUT2D eigenvalue weighted by Gasteiger charge is 2.08. The Balaban J connectivity index is 2.87. The molecular formula is C9H10Cl2O2.